The van der Waals surface area contributed by atoms with Crippen molar-refractivity contribution < 1.29 is 22.7 Å². The van der Waals surface area contributed by atoms with Crippen LogP contribution < -0.4 is 15.8 Å². The Morgan fingerprint density at radius 3 is 2.73 bits per heavy atom. The van der Waals surface area contributed by atoms with Gasteiger partial charge in [-0.15, -0.1) is 0 Å². The fourth-order valence-electron chi connectivity index (χ4n) is 4.07. The summed E-state index contributed by atoms with van der Waals surface area (Å²) in [4.78, 5) is 15.3. The van der Waals surface area contributed by atoms with Crippen LogP contribution in [0.5, 0.6) is 11.6 Å². The number of primary amides is 1. The van der Waals surface area contributed by atoms with E-state index in [-0.39, 0.29) is 6.04 Å². The summed E-state index contributed by atoms with van der Waals surface area (Å²) in [6, 6.07) is 14.6. The Balaban J connectivity index is 1.38. The highest BCUT2D eigenvalue weighted by molar-refractivity contribution is 5.92. The van der Waals surface area contributed by atoms with E-state index < -0.39 is 17.6 Å². The molecule has 0 aliphatic heterocycles. The van der Waals surface area contributed by atoms with Gasteiger partial charge in [-0.2, -0.15) is 13.2 Å². The number of nitrogens with two attached hydrogens (primary N) is 1. The van der Waals surface area contributed by atoms with Crippen molar-refractivity contribution in [1.29, 1.82) is 0 Å². The molecule has 1 heterocycles. The third-order valence-corrected chi connectivity index (χ3v) is 5.73. The van der Waals surface area contributed by atoms with E-state index in [0.717, 1.165) is 25.3 Å². The molecule has 172 valence electrons. The van der Waals surface area contributed by atoms with Gasteiger partial charge in [0.1, 0.15) is 5.75 Å². The first-order chi connectivity index (χ1) is 15.8. The molecule has 1 aliphatic rings. The SMILES string of the molecule is NC(=O)c1ccc(Oc2ccc3c(c2)CCCC3NCCc2cccc(C(F)(F)F)c2)nc1. The third kappa shape index (κ3) is 5.70. The second kappa shape index (κ2) is 9.62. The maximum atomic E-state index is 12.9. The van der Waals surface area contributed by atoms with E-state index in [0.29, 0.717) is 35.7 Å². The molecule has 2 aromatic carbocycles. The van der Waals surface area contributed by atoms with Crippen molar-refractivity contribution in [2.24, 2.45) is 5.73 Å². The van der Waals surface area contributed by atoms with Gasteiger partial charge in [0.25, 0.3) is 0 Å². The largest absolute Gasteiger partial charge is 0.439 e. The predicted octanol–water partition coefficient (Wildman–Crippen LogP) is 5.20. The first-order valence-electron chi connectivity index (χ1n) is 10.8. The lowest BCUT2D eigenvalue weighted by Crippen LogP contribution is -2.27. The summed E-state index contributed by atoms with van der Waals surface area (Å²) in [6.07, 6.45) is 0.455. The molecule has 1 aliphatic carbocycles. The highest BCUT2D eigenvalue weighted by Crippen LogP contribution is 2.33. The molecule has 0 saturated heterocycles. The molecule has 3 N–H and O–H groups in total. The van der Waals surface area contributed by atoms with Crippen LogP contribution in [0.25, 0.3) is 0 Å². The van der Waals surface area contributed by atoms with Crippen molar-refractivity contribution in [3.05, 3.63) is 88.6 Å². The van der Waals surface area contributed by atoms with Crippen molar-refractivity contribution in [3.63, 3.8) is 0 Å². The number of nitrogens with zero attached hydrogens (tertiary/aromatic N) is 1. The summed E-state index contributed by atoms with van der Waals surface area (Å²) >= 11 is 0. The number of carbonyl (C=O) groups excluding carboxylic acids is 1. The summed E-state index contributed by atoms with van der Waals surface area (Å²) in [7, 11) is 0. The molecule has 0 radical (unpaired) electrons. The van der Waals surface area contributed by atoms with Gasteiger partial charge in [-0.05, 0) is 73.2 Å². The number of amides is 1. The topological polar surface area (TPSA) is 77.2 Å². The average Bonchev–Trinajstić information content (AvgIpc) is 2.79. The monoisotopic (exact) mass is 455 g/mol. The van der Waals surface area contributed by atoms with E-state index in [4.69, 9.17) is 10.5 Å². The van der Waals surface area contributed by atoms with Crippen LogP contribution in [0.1, 0.15) is 51.5 Å². The summed E-state index contributed by atoms with van der Waals surface area (Å²) in [5.41, 5.74) is 7.93. The third-order valence-electron chi connectivity index (χ3n) is 5.73. The van der Waals surface area contributed by atoms with Gasteiger partial charge in [-0.3, -0.25) is 4.79 Å². The number of pyridine rings is 1. The van der Waals surface area contributed by atoms with E-state index in [1.807, 2.05) is 18.2 Å². The first kappa shape index (κ1) is 22.8. The van der Waals surface area contributed by atoms with Crippen LogP contribution in [0.3, 0.4) is 0 Å². The van der Waals surface area contributed by atoms with Crippen LogP contribution in [0.4, 0.5) is 13.2 Å². The smallest absolute Gasteiger partial charge is 0.416 e. The quantitative estimate of drug-likeness (QED) is 0.513. The van der Waals surface area contributed by atoms with Crippen molar-refractivity contribution in [2.75, 3.05) is 6.54 Å². The molecule has 1 aromatic heterocycles. The van der Waals surface area contributed by atoms with Crippen LogP contribution in [-0.4, -0.2) is 17.4 Å². The van der Waals surface area contributed by atoms with Crippen LogP contribution in [0, 0.1) is 0 Å². The maximum Gasteiger partial charge on any atom is 0.416 e. The number of aryl methyl sites for hydroxylation is 1. The first-order valence-corrected chi connectivity index (χ1v) is 10.8. The molecule has 0 bridgehead atoms. The van der Waals surface area contributed by atoms with Crippen LogP contribution >= 0.6 is 0 Å². The molecular formula is C25H24F3N3O2. The Morgan fingerprint density at radius 1 is 1.15 bits per heavy atom. The van der Waals surface area contributed by atoms with Gasteiger partial charge in [0, 0.05) is 18.3 Å². The Bertz CT molecular complexity index is 1130. The molecule has 4 rings (SSSR count). The standard InChI is InChI=1S/C25H24F3N3O2/c26-25(27,28)19-5-1-3-16(13-19)11-12-30-22-6-2-4-17-14-20(8-9-21(17)22)33-23-10-7-18(15-31-23)24(29)32/h1,3,5,7-10,13-15,22,30H,2,4,6,11-12H2,(H2,29,32). The second-order valence-corrected chi connectivity index (χ2v) is 8.06. The summed E-state index contributed by atoms with van der Waals surface area (Å²) in [5.74, 6) is 0.471. The Hall–Kier alpha value is -3.39. The van der Waals surface area contributed by atoms with Crippen LogP contribution in [-0.2, 0) is 19.0 Å². The van der Waals surface area contributed by atoms with Gasteiger partial charge in [0.05, 0.1) is 11.1 Å². The molecule has 33 heavy (non-hydrogen) atoms. The lowest BCUT2D eigenvalue weighted by Gasteiger charge is -2.27. The lowest BCUT2D eigenvalue weighted by molar-refractivity contribution is -0.137. The van der Waals surface area contributed by atoms with Crippen molar-refractivity contribution in [1.82, 2.24) is 10.3 Å². The Kier molecular flexibility index (Phi) is 6.65. The highest BCUT2D eigenvalue weighted by atomic mass is 19.4. The number of nitrogens with one attached hydrogen (secondary N) is 1. The fraction of sp³-hybridized carbons (Fsp3) is 0.280. The van der Waals surface area contributed by atoms with E-state index >= 15 is 0 Å². The summed E-state index contributed by atoms with van der Waals surface area (Å²) in [6.45, 7) is 0.583. The molecule has 0 fully saturated rings. The van der Waals surface area contributed by atoms with Crippen LogP contribution in [0.2, 0.25) is 0 Å². The van der Waals surface area contributed by atoms with Gasteiger partial charge in [-0.1, -0.05) is 24.3 Å². The minimum atomic E-state index is -4.33. The van der Waals surface area contributed by atoms with Gasteiger partial charge in [0.2, 0.25) is 11.8 Å². The molecular weight excluding hydrogens is 431 g/mol. The Labute approximate surface area is 189 Å². The summed E-state index contributed by atoms with van der Waals surface area (Å²) < 4.78 is 44.6. The van der Waals surface area contributed by atoms with E-state index in [1.54, 1.807) is 18.2 Å². The number of fused-ring (bicyclic) bond motifs is 1. The summed E-state index contributed by atoms with van der Waals surface area (Å²) in [5, 5.41) is 3.49. The number of ether oxygens (including phenoxy) is 1. The predicted molar refractivity (Wildman–Crippen MR) is 118 cm³/mol. The molecule has 1 amide bonds. The number of aromatic nitrogens is 1. The van der Waals surface area contributed by atoms with E-state index in [2.05, 4.69) is 10.3 Å². The average molecular weight is 455 g/mol. The van der Waals surface area contributed by atoms with Crippen molar-refractivity contribution in [2.45, 2.75) is 37.9 Å². The minimum absolute atomic E-state index is 0.140. The molecule has 0 spiro atoms. The van der Waals surface area contributed by atoms with Crippen LogP contribution in [0.15, 0.2) is 60.8 Å². The second-order valence-electron chi connectivity index (χ2n) is 8.06. The number of hydrogen-bond acceptors (Lipinski definition) is 4. The minimum Gasteiger partial charge on any atom is -0.439 e. The molecule has 5 nitrogen and oxygen atoms in total. The molecule has 0 saturated carbocycles. The fourth-order valence-corrected chi connectivity index (χ4v) is 4.07. The number of hydrogen-bond donors (Lipinski definition) is 2. The van der Waals surface area contributed by atoms with Gasteiger partial charge < -0.3 is 15.8 Å². The number of benzene rings is 2. The van der Waals surface area contributed by atoms with Gasteiger partial charge in [0.15, 0.2) is 0 Å². The Morgan fingerprint density at radius 2 is 2.00 bits per heavy atom. The lowest BCUT2D eigenvalue weighted by atomic mass is 9.87. The normalized spacial score (nSPS) is 15.7. The molecule has 3 aromatic rings. The van der Waals surface area contributed by atoms with Gasteiger partial charge >= 0.3 is 6.18 Å². The zero-order valence-electron chi connectivity index (χ0n) is 17.9. The molecule has 1 unspecified atom stereocenters. The van der Waals surface area contributed by atoms with E-state index in [9.17, 15) is 18.0 Å². The van der Waals surface area contributed by atoms with E-state index in [1.165, 1.54) is 29.5 Å². The van der Waals surface area contributed by atoms with Crippen molar-refractivity contribution in [3.8, 4) is 11.6 Å². The zero-order chi connectivity index (χ0) is 23.4. The maximum absolute atomic E-state index is 12.9. The zero-order valence-corrected chi connectivity index (χ0v) is 17.9. The molecule has 8 heteroatoms. The number of alkyl halides is 3. The number of rotatable bonds is 7. The van der Waals surface area contributed by atoms with Gasteiger partial charge in [-0.25, -0.2) is 4.98 Å². The van der Waals surface area contributed by atoms with Crippen molar-refractivity contribution >= 4 is 5.91 Å². The number of carbonyl (C=O) groups is 1. The highest BCUT2D eigenvalue weighted by Gasteiger charge is 2.30. The molecule has 1 atom stereocenters. The number of halogens is 3.